The normalized spacial score (nSPS) is 10.6. The molecule has 0 aliphatic heterocycles. The molecule has 78 valence electrons. The number of aromatic nitrogens is 2. The first-order chi connectivity index (χ1) is 7.22. The third-order valence-corrected chi connectivity index (χ3v) is 3.12. The van der Waals surface area contributed by atoms with E-state index < -0.39 is 0 Å². The summed E-state index contributed by atoms with van der Waals surface area (Å²) in [6.07, 6.45) is 1.78. The van der Waals surface area contributed by atoms with Crippen LogP contribution < -0.4 is 5.73 Å². The Morgan fingerprint density at radius 1 is 1.33 bits per heavy atom. The molecule has 3 nitrogen and oxygen atoms in total. The Labute approximate surface area is 97.0 Å². The molecule has 0 spiro atoms. The molecule has 0 unspecified atom stereocenters. The average Bonchev–Trinajstić information content (AvgIpc) is 2.61. The third-order valence-electron chi connectivity index (χ3n) is 2.28. The van der Waals surface area contributed by atoms with Crippen LogP contribution in [-0.4, -0.2) is 9.78 Å². The van der Waals surface area contributed by atoms with Crippen molar-refractivity contribution in [3.05, 3.63) is 46.2 Å². The SMILES string of the molecule is Cc1ccc(-n2ncc(CN)c2Br)cc1. The van der Waals surface area contributed by atoms with Gasteiger partial charge in [0, 0.05) is 12.1 Å². The standard InChI is InChI=1S/C11H12BrN3/c1-8-2-4-10(5-3-8)15-11(12)9(6-13)7-14-15/h2-5,7H,6,13H2,1H3. The van der Waals surface area contributed by atoms with E-state index in [-0.39, 0.29) is 0 Å². The second-order valence-corrected chi connectivity index (χ2v) is 4.16. The number of benzene rings is 1. The Morgan fingerprint density at radius 2 is 2.00 bits per heavy atom. The lowest BCUT2D eigenvalue weighted by atomic mass is 10.2. The van der Waals surface area contributed by atoms with E-state index in [1.807, 2.05) is 16.8 Å². The van der Waals surface area contributed by atoms with Crippen molar-refractivity contribution in [2.45, 2.75) is 13.5 Å². The molecule has 4 heteroatoms. The molecule has 0 atom stereocenters. The monoisotopic (exact) mass is 265 g/mol. The molecule has 1 heterocycles. The summed E-state index contributed by atoms with van der Waals surface area (Å²) < 4.78 is 2.76. The van der Waals surface area contributed by atoms with Crippen molar-refractivity contribution in [1.29, 1.82) is 0 Å². The Morgan fingerprint density at radius 3 is 2.53 bits per heavy atom. The molecular formula is C11H12BrN3. The highest BCUT2D eigenvalue weighted by Crippen LogP contribution is 2.20. The van der Waals surface area contributed by atoms with Crippen LogP contribution in [0.15, 0.2) is 35.1 Å². The van der Waals surface area contributed by atoms with Crippen molar-refractivity contribution < 1.29 is 0 Å². The summed E-state index contributed by atoms with van der Waals surface area (Å²) in [5, 5.41) is 4.28. The lowest BCUT2D eigenvalue weighted by Gasteiger charge is -2.03. The van der Waals surface area contributed by atoms with E-state index in [1.54, 1.807) is 6.20 Å². The van der Waals surface area contributed by atoms with Crippen LogP contribution in [0.3, 0.4) is 0 Å². The number of nitrogens with two attached hydrogens (primary N) is 1. The number of hydrogen-bond acceptors (Lipinski definition) is 2. The molecule has 0 bridgehead atoms. The molecule has 15 heavy (non-hydrogen) atoms. The maximum Gasteiger partial charge on any atom is 0.114 e. The Balaban J connectivity index is 2.45. The van der Waals surface area contributed by atoms with Crippen molar-refractivity contribution >= 4 is 15.9 Å². The van der Waals surface area contributed by atoms with E-state index >= 15 is 0 Å². The maximum atomic E-state index is 5.58. The predicted octanol–water partition coefficient (Wildman–Crippen LogP) is 2.40. The second-order valence-electron chi connectivity index (χ2n) is 3.41. The summed E-state index contributed by atoms with van der Waals surface area (Å²) in [6, 6.07) is 8.19. The van der Waals surface area contributed by atoms with Crippen LogP contribution in [-0.2, 0) is 6.54 Å². The maximum absolute atomic E-state index is 5.58. The van der Waals surface area contributed by atoms with Crippen molar-refractivity contribution in [3.8, 4) is 5.69 Å². The summed E-state index contributed by atoms with van der Waals surface area (Å²) >= 11 is 3.49. The number of halogens is 1. The van der Waals surface area contributed by atoms with E-state index in [4.69, 9.17) is 5.73 Å². The van der Waals surface area contributed by atoms with E-state index in [0.717, 1.165) is 15.9 Å². The van der Waals surface area contributed by atoms with Crippen LogP contribution >= 0.6 is 15.9 Å². The molecule has 0 radical (unpaired) electrons. The van der Waals surface area contributed by atoms with Crippen LogP contribution in [0.4, 0.5) is 0 Å². The molecule has 0 fully saturated rings. The molecule has 0 aliphatic carbocycles. The molecule has 0 saturated heterocycles. The molecule has 2 aromatic rings. The first-order valence-corrected chi connectivity index (χ1v) is 5.51. The summed E-state index contributed by atoms with van der Waals surface area (Å²) in [5.41, 5.74) is 8.86. The van der Waals surface area contributed by atoms with Gasteiger partial charge in [-0.2, -0.15) is 5.10 Å². The summed E-state index contributed by atoms with van der Waals surface area (Å²) in [4.78, 5) is 0. The van der Waals surface area contributed by atoms with Gasteiger partial charge in [0.25, 0.3) is 0 Å². The molecule has 0 aliphatic rings. The lowest BCUT2D eigenvalue weighted by Crippen LogP contribution is -1.99. The number of aryl methyl sites for hydroxylation is 1. The topological polar surface area (TPSA) is 43.8 Å². The zero-order valence-corrected chi connectivity index (χ0v) is 10.0. The molecule has 1 aromatic heterocycles. The van der Waals surface area contributed by atoms with Crippen LogP contribution in [0.25, 0.3) is 5.69 Å². The van der Waals surface area contributed by atoms with Crippen molar-refractivity contribution in [3.63, 3.8) is 0 Å². The Hall–Kier alpha value is -1.13. The fraction of sp³-hybridized carbons (Fsp3) is 0.182. The van der Waals surface area contributed by atoms with Crippen molar-refractivity contribution in [2.75, 3.05) is 0 Å². The minimum atomic E-state index is 0.493. The van der Waals surface area contributed by atoms with Crippen molar-refractivity contribution in [2.24, 2.45) is 5.73 Å². The number of rotatable bonds is 2. The van der Waals surface area contributed by atoms with Gasteiger partial charge in [-0.15, -0.1) is 0 Å². The summed E-state index contributed by atoms with van der Waals surface area (Å²) in [5.74, 6) is 0. The number of hydrogen-bond donors (Lipinski definition) is 1. The first-order valence-electron chi connectivity index (χ1n) is 4.72. The van der Waals surface area contributed by atoms with Gasteiger partial charge < -0.3 is 5.73 Å². The fourth-order valence-corrected chi connectivity index (χ4v) is 1.93. The van der Waals surface area contributed by atoms with E-state index in [2.05, 4.69) is 40.1 Å². The van der Waals surface area contributed by atoms with Gasteiger partial charge in [-0.25, -0.2) is 4.68 Å². The van der Waals surface area contributed by atoms with E-state index in [0.29, 0.717) is 6.54 Å². The van der Waals surface area contributed by atoms with Gasteiger partial charge in [-0.05, 0) is 35.0 Å². The highest BCUT2D eigenvalue weighted by Gasteiger charge is 2.07. The zero-order valence-electron chi connectivity index (χ0n) is 8.44. The highest BCUT2D eigenvalue weighted by molar-refractivity contribution is 9.10. The van der Waals surface area contributed by atoms with Gasteiger partial charge in [0.05, 0.1) is 11.9 Å². The molecular weight excluding hydrogens is 254 g/mol. The van der Waals surface area contributed by atoms with Crippen molar-refractivity contribution in [1.82, 2.24) is 9.78 Å². The van der Waals surface area contributed by atoms with Crippen LogP contribution in [0.1, 0.15) is 11.1 Å². The van der Waals surface area contributed by atoms with Crippen LogP contribution in [0, 0.1) is 6.92 Å². The van der Waals surface area contributed by atoms with Gasteiger partial charge in [0.2, 0.25) is 0 Å². The quantitative estimate of drug-likeness (QED) is 0.907. The highest BCUT2D eigenvalue weighted by atomic mass is 79.9. The minimum absolute atomic E-state index is 0.493. The summed E-state index contributed by atoms with van der Waals surface area (Å²) in [7, 11) is 0. The molecule has 2 rings (SSSR count). The largest absolute Gasteiger partial charge is 0.326 e. The smallest absolute Gasteiger partial charge is 0.114 e. The average molecular weight is 266 g/mol. The summed E-state index contributed by atoms with van der Waals surface area (Å²) in [6.45, 7) is 2.56. The van der Waals surface area contributed by atoms with Gasteiger partial charge in [0.15, 0.2) is 0 Å². The van der Waals surface area contributed by atoms with Gasteiger partial charge in [-0.3, -0.25) is 0 Å². The van der Waals surface area contributed by atoms with Crippen LogP contribution in [0.2, 0.25) is 0 Å². The Kier molecular flexibility index (Phi) is 2.88. The zero-order chi connectivity index (χ0) is 10.8. The second kappa shape index (κ2) is 4.16. The lowest BCUT2D eigenvalue weighted by molar-refractivity contribution is 0.858. The van der Waals surface area contributed by atoms with Crippen LogP contribution in [0.5, 0.6) is 0 Å². The van der Waals surface area contributed by atoms with Gasteiger partial charge >= 0.3 is 0 Å². The van der Waals surface area contributed by atoms with E-state index in [9.17, 15) is 0 Å². The van der Waals surface area contributed by atoms with E-state index in [1.165, 1.54) is 5.56 Å². The molecule has 2 N–H and O–H groups in total. The third kappa shape index (κ3) is 1.96. The molecule has 0 amide bonds. The Bertz CT molecular complexity index is 459. The minimum Gasteiger partial charge on any atom is -0.326 e. The predicted molar refractivity (Wildman–Crippen MR) is 63.9 cm³/mol. The molecule has 0 saturated carbocycles. The molecule has 1 aromatic carbocycles. The fourth-order valence-electron chi connectivity index (χ4n) is 1.37. The first kappa shape index (κ1) is 10.4. The van der Waals surface area contributed by atoms with Gasteiger partial charge in [-0.1, -0.05) is 17.7 Å². The number of nitrogens with zero attached hydrogens (tertiary/aromatic N) is 2. The van der Waals surface area contributed by atoms with Gasteiger partial charge in [0.1, 0.15) is 4.60 Å².